The predicted octanol–water partition coefficient (Wildman–Crippen LogP) is 2.79. The zero-order valence-electron chi connectivity index (χ0n) is 10.7. The van der Waals surface area contributed by atoms with Crippen LogP contribution in [-0.2, 0) is 0 Å². The van der Waals surface area contributed by atoms with Gasteiger partial charge in [0.15, 0.2) is 5.82 Å². The summed E-state index contributed by atoms with van der Waals surface area (Å²) in [6.07, 6.45) is 1.92. The summed E-state index contributed by atoms with van der Waals surface area (Å²) in [4.78, 5) is 4.53. The molecule has 0 unspecified atom stereocenters. The lowest BCUT2D eigenvalue weighted by Gasteiger charge is -2.21. The van der Waals surface area contributed by atoms with Crippen LogP contribution in [0.1, 0.15) is 26.5 Å². The number of anilines is 1. The highest BCUT2D eigenvalue weighted by molar-refractivity contribution is 5.41. The second kappa shape index (κ2) is 4.20. The molecule has 0 fully saturated rings. The summed E-state index contributed by atoms with van der Waals surface area (Å²) < 4.78 is 1.78. The summed E-state index contributed by atoms with van der Waals surface area (Å²) >= 11 is 0. The van der Waals surface area contributed by atoms with Crippen LogP contribution in [0.5, 0.6) is 0 Å². The van der Waals surface area contributed by atoms with Gasteiger partial charge in [-0.25, -0.2) is 9.67 Å². The molecule has 4 heteroatoms. The second-order valence-corrected chi connectivity index (χ2v) is 5.16. The molecule has 1 N–H and O–H groups in total. The number of hydrogen-bond acceptors (Lipinski definition) is 3. The van der Waals surface area contributed by atoms with E-state index in [9.17, 15) is 0 Å². The third-order valence-electron chi connectivity index (χ3n) is 2.19. The van der Waals surface area contributed by atoms with Crippen LogP contribution in [0.3, 0.4) is 0 Å². The number of nitrogens with zero attached hydrogens (tertiary/aromatic N) is 3. The first kappa shape index (κ1) is 11.6. The zero-order valence-corrected chi connectivity index (χ0v) is 10.7. The van der Waals surface area contributed by atoms with Crippen LogP contribution in [0.4, 0.5) is 5.82 Å². The van der Waals surface area contributed by atoms with E-state index < -0.39 is 0 Å². The van der Waals surface area contributed by atoms with E-state index in [1.807, 2.05) is 37.4 Å². The maximum atomic E-state index is 4.53. The molecule has 0 aliphatic heterocycles. The quantitative estimate of drug-likeness (QED) is 0.862. The molecule has 0 amide bonds. The van der Waals surface area contributed by atoms with Gasteiger partial charge < -0.3 is 5.32 Å². The molecule has 90 valence electrons. The fraction of sp³-hybridized carbons (Fsp3) is 0.385. The van der Waals surface area contributed by atoms with Crippen LogP contribution in [0.2, 0.25) is 0 Å². The third kappa shape index (κ3) is 3.06. The topological polar surface area (TPSA) is 42.7 Å². The smallest absolute Gasteiger partial charge is 0.155 e. The Labute approximate surface area is 102 Å². The molecule has 0 saturated carbocycles. The van der Waals surface area contributed by atoms with Crippen molar-refractivity contribution in [3.05, 3.63) is 36.2 Å². The molecule has 0 aliphatic carbocycles. The Balaban J connectivity index is 2.29. The normalized spacial score (nSPS) is 11.5. The molecule has 4 nitrogen and oxygen atoms in total. The number of hydrogen-bond donors (Lipinski definition) is 1. The monoisotopic (exact) mass is 230 g/mol. The first-order valence-electron chi connectivity index (χ1n) is 5.72. The average molecular weight is 230 g/mol. The van der Waals surface area contributed by atoms with E-state index in [-0.39, 0.29) is 5.54 Å². The van der Waals surface area contributed by atoms with Crippen molar-refractivity contribution < 1.29 is 0 Å². The van der Waals surface area contributed by atoms with E-state index in [2.05, 4.69) is 36.2 Å². The number of aromatic nitrogens is 3. The standard InChI is InChI=1S/C13H18N4/c1-10-8-9-17(16-10)12-7-5-6-11(14-12)15-13(2,3)4/h5-9H,1-4H3,(H,14,15). The summed E-state index contributed by atoms with van der Waals surface area (Å²) in [6.45, 7) is 8.30. The Morgan fingerprint density at radius 3 is 2.53 bits per heavy atom. The molecule has 0 spiro atoms. The lowest BCUT2D eigenvalue weighted by molar-refractivity contribution is 0.629. The van der Waals surface area contributed by atoms with E-state index in [4.69, 9.17) is 0 Å². The van der Waals surface area contributed by atoms with Gasteiger partial charge in [0.25, 0.3) is 0 Å². The first-order valence-corrected chi connectivity index (χ1v) is 5.72. The van der Waals surface area contributed by atoms with Crippen LogP contribution in [0.25, 0.3) is 5.82 Å². The fourth-order valence-electron chi connectivity index (χ4n) is 1.55. The summed E-state index contributed by atoms with van der Waals surface area (Å²) in [7, 11) is 0. The van der Waals surface area contributed by atoms with Gasteiger partial charge in [-0.2, -0.15) is 5.10 Å². The molecule has 0 atom stereocenters. The lowest BCUT2D eigenvalue weighted by atomic mass is 10.1. The SMILES string of the molecule is Cc1ccn(-c2cccc(NC(C)(C)C)n2)n1. The Hall–Kier alpha value is -1.84. The number of nitrogens with one attached hydrogen (secondary N) is 1. The second-order valence-electron chi connectivity index (χ2n) is 5.16. The molecule has 0 aliphatic rings. The largest absolute Gasteiger partial charge is 0.365 e. The molecule has 2 rings (SSSR count). The van der Waals surface area contributed by atoms with Crippen LogP contribution >= 0.6 is 0 Å². The molecule has 2 aromatic heterocycles. The van der Waals surface area contributed by atoms with E-state index in [1.165, 1.54) is 0 Å². The van der Waals surface area contributed by atoms with Crippen molar-refractivity contribution in [2.75, 3.05) is 5.32 Å². The number of pyridine rings is 1. The van der Waals surface area contributed by atoms with E-state index in [0.29, 0.717) is 0 Å². The summed E-state index contributed by atoms with van der Waals surface area (Å²) in [5.41, 5.74) is 0.993. The Morgan fingerprint density at radius 2 is 1.94 bits per heavy atom. The molecule has 0 aromatic carbocycles. The van der Waals surface area contributed by atoms with Crippen LogP contribution < -0.4 is 5.32 Å². The lowest BCUT2D eigenvalue weighted by Crippen LogP contribution is -2.26. The molecule has 2 aromatic rings. The van der Waals surface area contributed by atoms with Crippen molar-refractivity contribution in [1.29, 1.82) is 0 Å². The Morgan fingerprint density at radius 1 is 1.18 bits per heavy atom. The van der Waals surface area contributed by atoms with Gasteiger partial charge in [0.2, 0.25) is 0 Å². The highest BCUT2D eigenvalue weighted by Crippen LogP contribution is 2.14. The first-order chi connectivity index (χ1) is 7.94. The minimum absolute atomic E-state index is 0.00561. The molecule has 0 radical (unpaired) electrons. The Kier molecular flexibility index (Phi) is 2.88. The van der Waals surface area contributed by atoms with Gasteiger partial charge in [0, 0.05) is 11.7 Å². The molecular weight excluding hydrogens is 212 g/mol. The summed E-state index contributed by atoms with van der Waals surface area (Å²) in [5, 5.41) is 7.69. The highest BCUT2D eigenvalue weighted by atomic mass is 15.3. The fourth-order valence-corrected chi connectivity index (χ4v) is 1.55. The summed E-state index contributed by atoms with van der Waals surface area (Å²) in [6, 6.07) is 7.85. The minimum atomic E-state index is 0.00561. The maximum Gasteiger partial charge on any atom is 0.155 e. The van der Waals surface area contributed by atoms with E-state index in [0.717, 1.165) is 17.3 Å². The predicted molar refractivity (Wildman–Crippen MR) is 69.5 cm³/mol. The van der Waals surface area contributed by atoms with Gasteiger partial charge >= 0.3 is 0 Å². The van der Waals surface area contributed by atoms with E-state index in [1.54, 1.807) is 4.68 Å². The Bertz CT molecular complexity index is 508. The highest BCUT2D eigenvalue weighted by Gasteiger charge is 2.10. The van der Waals surface area contributed by atoms with Crippen molar-refractivity contribution in [1.82, 2.24) is 14.8 Å². The van der Waals surface area contributed by atoms with Gasteiger partial charge in [0.1, 0.15) is 5.82 Å². The molecule has 2 heterocycles. The van der Waals surface area contributed by atoms with Crippen molar-refractivity contribution in [3.63, 3.8) is 0 Å². The van der Waals surface area contributed by atoms with Crippen molar-refractivity contribution >= 4 is 5.82 Å². The van der Waals surface area contributed by atoms with E-state index >= 15 is 0 Å². The van der Waals surface area contributed by atoms with Crippen LogP contribution in [-0.4, -0.2) is 20.3 Å². The zero-order chi connectivity index (χ0) is 12.5. The number of rotatable bonds is 2. The van der Waals surface area contributed by atoms with Crippen LogP contribution in [0.15, 0.2) is 30.5 Å². The minimum Gasteiger partial charge on any atom is -0.365 e. The third-order valence-corrected chi connectivity index (χ3v) is 2.19. The molecule has 17 heavy (non-hydrogen) atoms. The van der Waals surface area contributed by atoms with Crippen molar-refractivity contribution in [2.24, 2.45) is 0 Å². The van der Waals surface area contributed by atoms with Gasteiger partial charge in [-0.3, -0.25) is 0 Å². The van der Waals surface area contributed by atoms with Crippen molar-refractivity contribution in [3.8, 4) is 5.82 Å². The van der Waals surface area contributed by atoms with Crippen molar-refractivity contribution in [2.45, 2.75) is 33.2 Å². The summed E-state index contributed by atoms with van der Waals surface area (Å²) in [5.74, 6) is 1.69. The average Bonchev–Trinajstić information content (AvgIpc) is 2.63. The molecule has 0 bridgehead atoms. The van der Waals surface area contributed by atoms with Gasteiger partial charge in [-0.05, 0) is 45.9 Å². The van der Waals surface area contributed by atoms with Gasteiger partial charge in [-0.15, -0.1) is 0 Å². The number of aryl methyl sites for hydroxylation is 1. The molecular formula is C13H18N4. The maximum absolute atomic E-state index is 4.53. The van der Waals surface area contributed by atoms with Crippen LogP contribution in [0, 0.1) is 6.92 Å². The van der Waals surface area contributed by atoms with Gasteiger partial charge in [-0.1, -0.05) is 6.07 Å². The van der Waals surface area contributed by atoms with Gasteiger partial charge in [0.05, 0.1) is 5.69 Å². The molecule has 0 saturated heterocycles.